The summed E-state index contributed by atoms with van der Waals surface area (Å²) in [5.74, 6) is 0.856. The van der Waals surface area contributed by atoms with Gasteiger partial charge in [-0.3, -0.25) is 9.80 Å². The second-order valence-corrected chi connectivity index (χ2v) is 6.83. The maximum absolute atomic E-state index is 10.1. The summed E-state index contributed by atoms with van der Waals surface area (Å²) in [6.45, 7) is 9.12. The highest BCUT2D eigenvalue weighted by Crippen LogP contribution is 2.12. The fraction of sp³-hybridized carbons (Fsp3) is 0.824. The zero-order valence-corrected chi connectivity index (χ0v) is 14.5. The Labute approximate surface area is 143 Å². The van der Waals surface area contributed by atoms with Gasteiger partial charge >= 0.3 is 0 Å². The van der Waals surface area contributed by atoms with Crippen molar-refractivity contribution in [3.8, 4) is 0 Å². The molecule has 2 aliphatic heterocycles. The van der Waals surface area contributed by atoms with Gasteiger partial charge in [-0.05, 0) is 19.8 Å². The highest BCUT2D eigenvalue weighted by Gasteiger charge is 2.21. The Hall–Kier alpha value is -0.990. The monoisotopic (exact) mass is 339 g/mol. The van der Waals surface area contributed by atoms with Crippen LogP contribution in [0.5, 0.6) is 0 Å². The molecule has 3 rings (SSSR count). The number of hydrogen-bond acceptors (Lipinski definition) is 7. The maximum atomic E-state index is 10.1. The van der Waals surface area contributed by atoms with Gasteiger partial charge in [0.2, 0.25) is 0 Å². The van der Waals surface area contributed by atoms with Gasteiger partial charge in [-0.1, -0.05) is 5.16 Å². The van der Waals surface area contributed by atoms with E-state index < -0.39 is 6.10 Å². The van der Waals surface area contributed by atoms with Crippen molar-refractivity contribution in [2.75, 3.05) is 52.5 Å². The number of rotatable bonds is 8. The van der Waals surface area contributed by atoms with Gasteiger partial charge in [0.15, 0.2) is 0 Å². The maximum Gasteiger partial charge on any atom is 0.133 e. The van der Waals surface area contributed by atoms with Crippen LogP contribution in [0.15, 0.2) is 10.6 Å². The van der Waals surface area contributed by atoms with Gasteiger partial charge in [0.1, 0.15) is 5.76 Å². The van der Waals surface area contributed by atoms with E-state index in [-0.39, 0.29) is 6.10 Å². The molecular formula is C17H29N3O4. The quantitative estimate of drug-likeness (QED) is 0.746. The zero-order valence-electron chi connectivity index (χ0n) is 14.5. The lowest BCUT2D eigenvalue weighted by molar-refractivity contribution is -0.0288. The summed E-state index contributed by atoms with van der Waals surface area (Å²) >= 11 is 0. The Morgan fingerprint density at radius 2 is 2.12 bits per heavy atom. The zero-order chi connectivity index (χ0) is 16.8. The number of piperazine rings is 1. The van der Waals surface area contributed by atoms with Crippen LogP contribution in [0.2, 0.25) is 0 Å². The fourth-order valence-electron chi connectivity index (χ4n) is 3.31. The number of aryl methyl sites for hydroxylation is 1. The Morgan fingerprint density at radius 3 is 2.79 bits per heavy atom. The minimum absolute atomic E-state index is 0.223. The first-order valence-electron chi connectivity index (χ1n) is 8.93. The molecule has 0 amide bonds. The van der Waals surface area contributed by atoms with Gasteiger partial charge in [-0.15, -0.1) is 0 Å². The lowest BCUT2D eigenvalue weighted by atomic mass is 10.2. The van der Waals surface area contributed by atoms with E-state index in [1.165, 1.54) is 0 Å². The van der Waals surface area contributed by atoms with E-state index >= 15 is 0 Å². The topological polar surface area (TPSA) is 71.2 Å². The highest BCUT2D eigenvalue weighted by molar-refractivity contribution is 5.03. The summed E-state index contributed by atoms with van der Waals surface area (Å²) in [4.78, 5) is 4.67. The number of ether oxygens (including phenoxy) is 2. The van der Waals surface area contributed by atoms with Gasteiger partial charge in [-0.2, -0.15) is 0 Å². The third-order valence-corrected chi connectivity index (χ3v) is 4.63. The number of nitrogens with zero attached hydrogens (tertiary/aromatic N) is 3. The van der Waals surface area contributed by atoms with Crippen LogP contribution in [-0.2, 0) is 16.0 Å². The Bertz CT molecular complexity index is 482. The number of aromatic nitrogens is 1. The van der Waals surface area contributed by atoms with E-state index in [0.29, 0.717) is 19.8 Å². The first kappa shape index (κ1) is 17.8. The second kappa shape index (κ2) is 8.92. The molecule has 0 aromatic carbocycles. The molecule has 7 nitrogen and oxygen atoms in total. The summed E-state index contributed by atoms with van der Waals surface area (Å²) in [7, 11) is 0. The largest absolute Gasteiger partial charge is 0.389 e. The lowest BCUT2D eigenvalue weighted by Crippen LogP contribution is -2.48. The van der Waals surface area contributed by atoms with Crippen molar-refractivity contribution in [3.63, 3.8) is 0 Å². The van der Waals surface area contributed by atoms with Crippen LogP contribution in [0.25, 0.3) is 0 Å². The minimum atomic E-state index is -0.434. The average Bonchev–Trinajstić information content (AvgIpc) is 3.21. The molecule has 24 heavy (non-hydrogen) atoms. The van der Waals surface area contributed by atoms with Crippen molar-refractivity contribution in [2.45, 2.75) is 38.5 Å². The molecule has 0 saturated carbocycles. The Balaban J connectivity index is 1.28. The molecule has 2 aliphatic rings. The molecule has 0 spiro atoms. The van der Waals surface area contributed by atoms with Crippen molar-refractivity contribution in [2.24, 2.45) is 0 Å². The number of hydrogen-bond donors (Lipinski definition) is 1. The molecule has 2 atom stereocenters. The first-order valence-corrected chi connectivity index (χ1v) is 8.93. The molecule has 1 aromatic rings. The van der Waals surface area contributed by atoms with Gasteiger partial charge in [-0.25, -0.2) is 0 Å². The van der Waals surface area contributed by atoms with E-state index in [1.807, 2.05) is 13.0 Å². The molecular weight excluding hydrogens is 310 g/mol. The molecule has 2 saturated heterocycles. The number of aliphatic hydroxyl groups excluding tert-OH is 1. The molecule has 7 heteroatoms. The van der Waals surface area contributed by atoms with Gasteiger partial charge < -0.3 is 19.1 Å². The number of β-amino-alcohol motifs (C(OH)–C–C–N with tert-alkyl or cyclic N) is 1. The van der Waals surface area contributed by atoms with Crippen LogP contribution >= 0.6 is 0 Å². The first-order chi connectivity index (χ1) is 11.7. The van der Waals surface area contributed by atoms with Crippen LogP contribution in [-0.4, -0.2) is 84.8 Å². The fourth-order valence-corrected chi connectivity index (χ4v) is 3.31. The molecule has 0 radical (unpaired) electrons. The van der Waals surface area contributed by atoms with Gasteiger partial charge in [0.25, 0.3) is 0 Å². The average molecular weight is 339 g/mol. The van der Waals surface area contributed by atoms with Crippen LogP contribution in [0.3, 0.4) is 0 Å². The standard InChI is InChI=1S/C17H29N3O4/c1-14-9-15(18-24-14)10-19-4-6-20(7-5-19)11-16(21)12-22-13-17-3-2-8-23-17/h9,16-17,21H,2-8,10-13H2,1H3. The van der Waals surface area contributed by atoms with Crippen LogP contribution in [0.4, 0.5) is 0 Å². The molecule has 1 N–H and O–H groups in total. The molecule has 3 heterocycles. The van der Waals surface area contributed by atoms with E-state index in [0.717, 1.165) is 63.6 Å². The third kappa shape index (κ3) is 5.53. The van der Waals surface area contributed by atoms with Crippen molar-refractivity contribution in [1.82, 2.24) is 15.0 Å². The van der Waals surface area contributed by atoms with Crippen molar-refractivity contribution >= 4 is 0 Å². The van der Waals surface area contributed by atoms with Crippen molar-refractivity contribution in [3.05, 3.63) is 17.5 Å². The van der Waals surface area contributed by atoms with Gasteiger partial charge in [0, 0.05) is 51.9 Å². The summed E-state index contributed by atoms with van der Waals surface area (Å²) in [6, 6.07) is 1.99. The normalized spacial score (nSPS) is 24.5. The summed E-state index contributed by atoms with van der Waals surface area (Å²) in [6.07, 6.45) is 1.98. The van der Waals surface area contributed by atoms with E-state index in [4.69, 9.17) is 14.0 Å². The lowest BCUT2D eigenvalue weighted by Gasteiger charge is -2.35. The van der Waals surface area contributed by atoms with Crippen molar-refractivity contribution in [1.29, 1.82) is 0 Å². The minimum Gasteiger partial charge on any atom is -0.389 e. The Kier molecular flexibility index (Phi) is 6.62. The summed E-state index contributed by atoms with van der Waals surface area (Å²) in [5, 5.41) is 14.2. The van der Waals surface area contributed by atoms with E-state index in [1.54, 1.807) is 0 Å². The number of aliphatic hydroxyl groups is 1. The van der Waals surface area contributed by atoms with E-state index in [2.05, 4.69) is 15.0 Å². The predicted octanol–water partition coefficient (Wildman–Crippen LogP) is 0.657. The van der Waals surface area contributed by atoms with Crippen LogP contribution in [0, 0.1) is 6.92 Å². The Morgan fingerprint density at radius 1 is 1.33 bits per heavy atom. The third-order valence-electron chi connectivity index (χ3n) is 4.63. The van der Waals surface area contributed by atoms with Crippen molar-refractivity contribution < 1.29 is 19.1 Å². The molecule has 2 unspecified atom stereocenters. The molecule has 0 aliphatic carbocycles. The predicted molar refractivity (Wildman–Crippen MR) is 88.8 cm³/mol. The van der Waals surface area contributed by atoms with Crippen LogP contribution < -0.4 is 0 Å². The van der Waals surface area contributed by atoms with Crippen LogP contribution in [0.1, 0.15) is 24.3 Å². The molecule has 0 bridgehead atoms. The summed E-state index contributed by atoms with van der Waals surface area (Å²) < 4.78 is 16.2. The summed E-state index contributed by atoms with van der Waals surface area (Å²) in [5.41, 5.74) is 0.989. The molecule has 136 valence electrons. The molecule has 2 fully saturated rings. The van der Waals surface area contributed by atoms with E-state index in [9.17, 15) is 5.11 Å². The smallest absolute Gasteiger partial charge is 0.133 e. The second-order valence-electron chi connectivity index (χ2n) is 6.83. The van der Waals surface area contributed by atoms with Gasteiger partial charge in [0.05, 0.1) is 31.1 Å². The SMILES string of the molecule is Cc1cc(CN2CCN(CC(O)COCC3CCCO3)CC2)no1. The molecule has 1 aromatic heterocycles. The highest BCUT2D eigenvalue weighted by atomic mass is 16.5.